The molecule has 0 aliphatic carbocycles. The molecule has 0 aromatic carbocycles. The van der Waals surface area contributed by atoms with Crippen LogP contribution in [0.25, 0.3) is 0 Å². The van der Waals surface area contributed by atoms with E-state index in [0.29, 0.717) is 18.7 Å². The summed E-state index contributed by atoms with van der Waals surface area (Å²) in [5, 5.41) is 2.85. The minimum absolute atomic E-state index is 0.200. The monoisotopic (exact) mass is 292 g/mol. The standard InChI is InChI=1S/C11H17ClN2O3S/c1-2-5-8(12)10-13-11(17-14-10)9-6-3-4-7-18(9,15)16/h8-9H,2-7H2,1H3. The fraction of sp³-hybridized carbons (Fsp3) is 0.818. The van der Waals surface area contributed by atoms with Crippen molar-refractivity contribution in [2.45, 2.75) is 49.7 Å². The number of hydrogen-bond donors (Lipinski definition) is 0. The van der Waals surface area contributed by atoms with Crippen molar-refractivity contribution in [1.82, 2.24) is 10.1 Å². The van der Waals surface area contributed by atoms with Crippen molar-refractivity contribution in [2.75, 3.05) is 5.75 Å². The lowest BCUT2D eigenvalue weighted by Crippen LogP contribution is -2.21. The van der Waals surface area contributed by atoms with Gasteiger partial charge in [0.2, 0.25) is 5.89 Å². The Morgan fingerprint density at radius 1 is 1.50 bits per heavy atom. The predicted molar refractivity (Wildman–Crippen MR) is 68.2 cm³/mol. The minimum atomic E-state index is -3.14. The van der Waals surface area contributed by atoms with Crippen molar-refractivity contribution in [3.8, 4) is 0 Å². The maximum absolute atomic E-state index is 11.9. The largest absolute Gasteiger partial charge is 0.338 e. The molecule has 1 aliphatic rings. The van der Waals surface area contributed by atoms with Gasteiger partial charge in [-0.15, -0.1) is 11.6 Å². The van der Waals surface area contributed by atoms with Gasteiger partial charge in [0.15, 0.2) is 15.7 Å². The third kappa shape index (κ3) is 2.85. The molecule has 0 amide bonds. The molecule has 102 valence electrons. The van der Waals surface area contributed by atoms with Crippen LogP contribution in [-0.4, -0.2) is 24.3 Å². The van der Waals surface area contributed by atoms with Crippen LogP contribution in [0.3, 0.4) is 0 Å². The molecule has 18 heavy (non-hydrogen) atoms. The molecule has 1 aliphatic heterocycles. The first-order valence-electron chi connectivity index (χ1n) is 6.23. The van der Waals surface area contributed by atoms with E-state index in [4.69, 9.17) is 16.1 Å². The second-order valence-electron chi connectivity index (χ2n) is 4.60. The molecular weight excluding hydrogens is 276 g/mol. The number of rotatable bonds is 4. The van der Waals surface area contributed by atoms with Crippen molar-refractivity contribution < 1.29 is 12.9 Å². The van der Waals surface area contributed by atoms with Gasteiger partial charge in [-0.3, -0.25) is 0 Å². The number of aromatic nitrogens is 2. The number of sulfone groups is 1. The Morgan fingerprint density at radius 3 is 2.94 bits per heavy atom. The number of halogens is 1. The SMILES string of the molecule is CCCC(Cl)c1noc(C2CCCCS2(=O)=O)n1. The summed E-state index contributed by atoms with van der Waals surface area (Å²) in [6.07, 6.45) is 3.82. The zero-order chi connectivity index (χ0) is 13.2. The van der Waals surface area contributed by atoms with Crippen molar-refractivity contribution in [3.05, 3.63) is 11.7 Å². The van der Waals surface area contributed by atoms with Crippen molar-refractivity contribution in [1.29, 1.82) is 0 Å². The summed E-state index contributed by atoms with van der Waals surface area (Å²) >= 11 is 6.10. The normalized spacial score (nSPS) is 24.9. The van der Waals surface area contributed by atoms with E-state index in [1.807, 2.05) is 6.92 Å². The molecule has 0 saturated carbocycles. The number of alkyl halides is 1. The molecule has 1 aromatic rings. The summed E-state index contributed by atoms with van der Waals surface area (Å²) in [7, 11) is -3.14. The highest BCUT2D eigenvalue weighted by Gasteiger charge is 2.35. The summed E-state index contributed by atoms with van der Waals surface area (Å²) in [6.45, 7) is 2.02. The topological polar surface area (TPSA) is 73.1 Å². The zero-order valence-electron chi connectivity index (χ0n) is 10.3. The van der Waals surface area contributed by atoms with E-state index in [1.165, 1.54) is 0 Å². The average Bonchev–Trinajstić information content (AvgIpc) is 2.78. The van der Waals surface area contributed by atoms with E-state index in [1.54, 1.807) is 0 Å². The summed E-state index contributed by atoms with van der Waals surface area (Å²) in [5.41, 5.74) is 0. The molecule has 0 radical (unpaired) electrons. The molecule has 1 fully saturated rings. The molecule has 1 saturated heterocycles. The molecular formula is C11H17ClN2O3S. The predicted octanol–water partition coefficient (Wildman–Crippen LogP) is 2.79. The van der Waals surface area contributed by atoms with Crippen molar-refractivity contribution >= 4 is 21.4 Å². The molecule has 0 spiro atoms. The highest BCUT2D eigenvalue weighted by atomic mass is 35.5. The van der Waals surface area contributed by atoms with Gasteiger partial charge in [0, 0.05) is 0 Å². The highest BCUT2D eigenvalue weighted by molar-refractivity contribution is 7.91. The smallest absolute Gasteiger partial charge is 0.245 e. The van der Waals surface area contributed by atoms with Crippen LogP contribution >= 0.6 is 11.6 Å². The first-order chi connectivity index (χ1) is 8.54. The highest BCUT2D eigenvalue weighted by Crippen LogP contribution is 2.33. The summed E-state index contributed by atoms with van der Waals surface area (Å²) in [6, 6.07) is 0. The third-order valence-electron chi connectivity index (χ3n) is 3.13. The van der Waals surface area contributed by atoms with Gasteiger partial charge in [-0.05, 0) is 19.3 Å². The van der Waals surface area contributed by atoms with Gasteiger partial charge in [0.1, 0.15) is 5.25 Å². The molecule has 2 heterocycles. The molecule has 0 N–H and O–H groups in total. The van der Waals surface area contributed by atoms with E-state index >= 15 is 0 Å². The second kappa shape index (κ2) is 5.57. The van der Waals surface area contributed by atoms with Gasteiger partial charge in [-0.25, -0.2) is 8.42 Å². The van der Waals surface area contributed by atoms with Gasteiger partial charge < -0.3 is 4.52 Å². The van der Waals surface area contributed by atoms with Crippen LogP contribution in [0.2, 0.25) is 0 Å². The van der Waals surface area contributed by atoms with Crippen LogP contribution < -0.4 is 0 Å². The Hall–Kier alpha value is -0.620. The van der Waals surface area contributed by atoms with E-state index in [0.717, 1.165) is 19.3 Å². The minimum Gasteiger partial charge on any atom is -0.338 e. The van der Waals surface area contributed by atoms with Crippen LogP contribution in [0, 0.1) is 0 Å². The molecule has 2 rings (SSSR count). The molecule has 2 unspecified atom stereocenters. The second-order valence-corrected chi connectivity index (χ2v) is 7.43. The average molecular weight is 293 g/mol. The van der Waals surface area contributed by atoms with Crippen molar-refractivity contribution in [3.63, 3.8) is 0 Å². The fourth-order valence-corrected chi connectivity index (χ4v) is 4.25. The van der Waals surface area contributed by atoms with Crippen LogP contribution in [-0.2, 0) is 9.84 Å². The Balaban J connectivity index is 2.19. The molecule has 2 atom stereocenters. The van der Waals surface area contributed by atoms with Crippen LogP contribution in [0.1, 0.15) is 61.4 Å². The molecule has 1 aromatic heterocycles. The molecule has 5 nitrogen and oxygen atoms in total. The molecule has 7 heteroatoms. The lowest BCUT2D eigenvalue weighted by molar-refractivity contribution is 0.358. The zero-order valence-corrected chi connectivity index (χ0v) is 11.9. The Kier molecular flexibility index (Phi) is 4.27. The van der Waals surface area contributed by atoms with Gasteiger partial charge in [-0.1, -0.05) is 24.9 Å². The van der Waals surface area contributed by atoms with E-state index < -0.39 is 15.1 Å². The third-order valence-corrected chi connectivity index (χ3v) is 5.71. The van der Waals surface area contributed by atoms with Gasteiger partial charge in [-0.2, -0.15) is 4.98 Å². The first-order valence-corrected chi connectivity index (χ1v) is 8.39. The van der Waals surface area contributed by atoms with E-state index in [-0.39, 0.29) is 17.0 Å². The lowest BCUT2D eigenvalue weighted by Gasteiger charge is -2.18. The van der Waals surface area contributed by atoms with E-state index in [2.05, 4.69) is 10.1 Å². The maximum Gasteiger partial charge on any atom is 0.245 e. The maximum atomic E-state index is 11.9. The Labute approximate surface area is 112 Å². The lowest BCUT2D eigenvalue weighted by atomic mass is 10.2. The number of hydrogen-bond acceptors (Lipinski definition) is 5. The first kappa shape index (κ1) is 13.8. The summed E-state index contributed by atoms with van der Waals surface area (Å²) in [4.78, 5) is 4.16. The van der Waals surface area contributed by atoms with Crippen LogP contribution in [0.5, 0.6) is 0 Å². The Bertz CT molecular complexity index is 500. The van der Waals surface area contributed by atoms with Crippen LogP contribution in [0.4, 0.5) is 0 Å². The summed E-state index contributed by atoms with van der Waals surface area (Å²) in [5.74, 6) is 0.801. The fourth-order valence-electron chi connectivity index (χ4n) is 2.12. The van der Waals surface area contributed by atoms with Crippen molar-refractivity contribution in [2.24, 2.45) is 0 Å². The van der Waals surface area contributed by atoms with E-state index in [9.17, 15) is 8.42 Å². The summed E-state index contributed by atoms with van der Waals surface area (Å²) < 4.78 is 28.9. The molecule has 0 bridgehead atoms. The van der Waals surface area contributed by atoms with Gasteiger partial charge in [0.25, 0.3) is 0 Å². The van der Waals surface area contributed by atoms with Gasteiger partial charge >= 0.3 is 0 Å². The quantitative estimate of drug-likeness (QED) is 0.798. The van der Waals surface area contributed by atoms with Crippen LogP contribution in [0.15, 0.2) is 4.52 Å². The number of nitrogens with zero attached hydrogens (tertiary/aromatic N) is 2. The van der Waals surface area contributed by atoms with Gasteiger partial charge in [0.05, 0.1) is 11.1 Å². The Morgan fingerprint density at radius 2 is 2.28 bits per heavy atom.